The first-order valence-electron chi connectivity index (χ1n) is 5.89. The molecule has 5 heteroatoms. The SMILES string of the molecule is COC(=O)c1ccc2c(n1)NC1CCCN2C1. The average Bonchev–Trinajstić information content (AvgIpc) is 2.37. The highest BCUT2D eigenvalue weighted by molar-refractivity contribution is 5.89. The van der Waals surface area contributed by atoms with Crippen molar-refractivity contribution in [2.24, 2.45) is 0 Å². The summed E-state index contributed by atoms with van der Waals surface area (Å²) in [4.78, 5) is 18.1. The lowest BCUT2D eigenvalue weighted by atomic mass is 10.0. The van der Waals surface area contributed by atoms with Gasteiger partial charge in [-0.05, 0) is 25.0 Å². The first-order chi connectivity index (χ1) is 8.28. The minimum atomic E-state index is -0.389. The second-order valence-electron chi connectivity index (χ2n) is 4.49. The molecule has 1 fully saturated rings. The molecule has 2 aliphatic rings. The van der Waals surface area contributed by atoms with Gasteiger partial charge < -0.3 is 15.0 Å². The Hall–Kier alpha value is -1.78. The Bertz CT molecular complexity index is 461. The van der Waals surface area contributed by atoms with E-state index in [-0.39, 0.29) is 5.97 Å². The number of fused-ring (bicyclic) bond motifs is 4. The highest BCUT2D eigenvalue weighted by atomic mass is 16.5. The molecule has 0 radical (unpaired) electrons. The Balaban J connectivity index is 1.98. The maximum absolute atomic E-state index is 11.4. The van der Waals surface area contributed by atoms with Gasteiger partial charge in [-0.1, -0.05) is 0 Å². The summed E-state index contributed by atoms with van der Waals surface area (Å²) >= 11 is 0. The Morgan fingerprint density at radius 3 is 3.29 bits per heavy atom. The number of pyridine rings is 1. The zero-order valence-corrected chi connectivity index (χ0v) is 9.77. The number of piperidine rings is 1. The normalized spacial score (nSPS) is 21.5. The van der Waals surface area contributed by atoms with Crippen molar-refractivity contribution in [1.29, 1.82) is 0 Å². The van der Waals surface area contributed by atoms with Gasteiger partial charge in [-0.2, -0.15) is 0 Å². The van der Waals surface area contributed by atoms with E-state index < -0.39 is 0 Å². The van der Waals surface area contributed by atoms with E-state index in [2.05, 4.69) is 19.9 Å². The number of aromatic nitrogens is 1. The summed E-state index contributed by atoms with van der Waals surface area (Å²) in [5.74, 6) is 0.421. The third-order valence-corrected chi connectivity index (χ3v) is 3.37. The van der Waals surface area contributed by atoms with Crippen molar-refractivity contribution in [2.75, 3.05) is 30.4 Å². The third-order valence-electron chi connectivity index (χ3n) is 3.37. The zero-order chi connectivity index (χ0) is 11.8. The lowest BCUT2D eigenvalue weighted by Crippen LogP contribution is -2.46. The molecule has 2 aliphatic heterocycles. The van der Waals surface area contributed by atoms with Gasteiger partial charge in [0.25, 0.3) is 0 Å². The molecule has 1 N–H and O–H groups in total. The molecule has 3 heterocycles. The first kappa shape index (κ1) is 10.4. The minimum absolute atomic E-state index is 0.361. The second kappa shape index (κ2) is 3.91. The van der Waals surface area contributed by atoms with Gasteiger partial charge in [-0.25, -0.2) is 9.78 Å². The fourth-order valence-electron chi connectivity index (χ4n) is 2.54. The van der Waals surface area contributed by atoms with E-state index in [1.165, 1.54) is 20.0 Å². The van der Waals surface area contributed by atoms with Crippen LogP contribution in [-0.4, -0.2) is 37.2 Å². The number of carbonyl (C=O) groups is 1. The number of methoxy groups -OCH3 is 1. The molecule has 0 amide bonds. The van der Waals surface area contributed by atoms with Crippen LogP contribution in [0.1, 0.15) is 23.3 Å². The average molecular weight is 233 g/mol. The van der Waals surface area contributed by atoms with E-state index in [9.17, 15) is 4.79 Å². The first-order valence-corrected chi connectivity index (χ1v) is 5.89. The number of carbonyl (C=O) groups excluding carboxylic acids is 1. The van der Waals surface area contributed by atoms with Crippen LogP contribution < -0.4 is 10.2 Å². The van der Waals surface area contributed by atoms with Gasteiger partial charge in [-0.15, -0.1) is 0 Å². The number of hydrogen-bond donors (Lipinski definition) is 1. The van der Waals surface area contributed by atoms with Gasteiger partial charge in [-0.3, -0.25) is 0 Å². The van der Waals surface area contributed by atoms with Crippen molar-refractivity contribution in [3.8, 4) is 0 Å². The zero-order valence-electron chi connectivity index (χ0n) is 9.77. The van der Waals surface area contributed by atoms with Crippen LogP contribution in [0.2, 0.25) is 0 Å². The lowest BCUT2D eigenvalue weighted by Gasteiger charge is -2.40. The monoisotopic (exact) mass is 233 g/mol. The molecule has 0 aliphatic carbocycles. The van der Waals surface area contributed by atoms with E-state index >= 15 is 0 Å². The summed E-state index contributed by atoms with van der Waals surface area (Å²) in [6, 6.07) is 4.13. The topological polar surface area (TPSA) is 54.5 Å². The van der Waals surface area contributed by atoms with E-state index in [4.69, 9.17) is 0 Å². The smallest absolute Gasteiger partial charge is 0.356 e. The molecule has 2 bridgehead atoms. The van der Waals surface area contributed by atoms with Gasteiger partial charge in [0.2, 0.25) is 0 Å². The van der Waals surface area contributed by atoms with Gasteiger partial charge in [0, 0.05) is 19.1 Å². The fourth-order valence-corrected chi connectivity index (χ4v) is 2.54. The third kappa shape index (κ3) is 1.71. The summed E-state index contributed by atoms with van der Waals surface area (Å²) in [7, 11) is 1.37. The quantitative estimate of drug-likeness (QED) is 0.740. The number of rotatable bonds is 1. The molecular formula is C12H15N3O2. The summed E-state index contributed by atoms with van der Waals surface area (Å²) in [6.45, 7) is 2.11. The molecule has 1 saturated heterocycles. The molecule has 1 atom stereocenters. The van der Waals surface area contributed by atoms with Crippen LogP contribution in [0, 0.1) is 0 Å². The number of anilines is 2. The predicted molar refractivity (Wildman–Crippen MR) is 64.4 cm³/mol. The highest BCUT2D eigenvalue weighted by Crippen LogP contribution is 2.33. The van der Waals surface area contributed by atoms with Crippen molar-refractivity contribution in [3.63, 3.8) is 0 Å². The maximum Gasteiger partial charge on any atom is 0.356 e. The molecule has 0 saturated carbocycles. The van der Waals surface area contributed by atoms with E-state index in [1.54, 1.807) is 6.07 Å². The standard InChI is InChI=1S/C12H15N3O2/c1-17-12(16)9-4-5-10-11(14-9)13-8-3-2-6-15(10)7-8/h4-5,8H,2-3,6-7H2,1H3,(H,13,14). The molecule has 0 aromatic carbocycles. The molecule has 17 heavy (non-hydrogen) atoms. The molecule has 1 aromatic rings. The summed E-state index contributed by atoms with van der Waals surface area (Å²) in [5.41, 5.74) is 1.45. The van der Waals surface area contributed by atoms with E-state index in [1.807, 2.05) is 6.07 Å². The van der Waals surface area contributed by atoms with Crippen molar-refractivity contribution >= 4 is 17.5 Å². The van der Waals surface area contributed by atoms with Crippen LogP contribution in [0.4, 0.5) is 11.5 Å². The Morgan fingerprint density at radius 2 is 2.47 bits per heavy atom. The van der Waals surface area contributed by atoms with Gasteiger partial charge in [0.05, 0.1) is 12.8 Å². The van der Waals surface area contributed by atoms with Crippen LogP contribution in [0.15, 0.2) is 12.1 Å². The molecule has 0 spiro atoms. The molecule has 90 valence electrons. The van der Waals surface area contributed by atoms with Crippen molar-refractivity contribution in [2.45, 2.75) is 18.9 Å². The largest absolute Gasteiger partial charge is 0.464 e. The van der Waals surface area contributed by atoms with Crippen molar-refractivity contribution in [3.05, 3.63) is 17.8 Å². The Kier molecular flexibility index (Phi) is 2.39. The molecular weight excluding hydrogens is 218 g/mol. The molecule has 5 nitrogen and oxygen atoms in total. The van der Waals surface area contributed by atoms with Gasteiger partial charge in [0.15, 0.2) is 11.5 Å². The van der Waals surface area contributed by atoms with E-state index in [0.29, 0.717) is 11.7 Å². The van der Waals surface area contributed by atoms with Crippen LogP contribution in [0.25, 0.3) is 0 Å². The van der Waals surface area contributed by atoms with Gasteiger partial charge in [0.1, 0.15) is 0 Å². The number of esters is 1. The molecule has 1 unspecified atom stereocenters. The fraction of sp³-hybridized carbons (Fsp3) is 0.500. The number of nitrogens with zero attached hydrogens (tertiary/aromatic N) is 2. The second-order valence-corrected chi connectivity index (χ2v) is 4.49. The summed E-state index contributed by atoms with van der Waals surface area (Å²) in [5, 5.41) is 3.39. The Labute approximate surface area is 99.8 Å². The van der Waals surface area contributed by atoms with Crippen molar-refractivity contribution < 1.29 is 9.53 Å². The van der Waals surface area contributed by atoms with Gasteiger partial charge >= 0.3 is 5.97 Å². The van der Waals surface area contributed by atoms with E-state index in [0.717, 1.165) is 24.6 Å². The predicted octanol–water partition coefficient (Wildman–Crippen LogP) is 1.26. The lowest BCUT2D eigenvalue weighted by molar-refractivity contribution is 0.0594. The number of hydrogen-bond acceptors (Lipinski definition) is 5. The summed E-state index contributed by atoms with van der Waals surface area (Å²) < 4.78 is 4.68. The summed E-state index contributed by atoms with van der Waals surface area (Å²) in [6.07, 6.45) is 2.37. The molecule has 3 rings (SSSR count). The number of nitrogens with one attached hydrogen (secondary N) is 1. The molecule has 1 aromatic heterocycles. The maximum atomic E-state index is 11.4. The Morgan fingerprint density at radius 1 is 1.59 bits per heavy atom. The van der Waals surface area contributed by atoms with Crippen LogP contribution in [0.5, 0.6) is 0 Å². The van der Waals surface area contributed by atoms with Crippen LogP contribution in [0.3, 0.4) is 0 Å². The van der Waals surface area contributed by atoms with Crippen molar-refractivity contribution in [1.82, 2.24) is 4.98 Å². The minimum Gasteiger partial charge on any atom is -0.464 e. The highest BCUT2D eigenvalue weighted by Gasteiger charge is 2.28. The van der Waals surface area contributed by atoms with Crippen LogP contribution in [-0.2, 0) is 4.74 Å². The van der Waals surface area contributed by atoms with Crippen LogP contribution >= 0.6 is 0 Å². The number of ether oxygens (including phenoxy) is 1.